The molecule has 1 saturated heterocycles. The Bertz CT molecular complexity index is 1260. The summed E-state index contributed by atoms with van der Waals surface area (Å²) < 4.78 is 49.8. The molecule has 15 heteroatoms. The first kappa shape index (κ1) is 28.9. The van der Waals surface area contributed by atoms with E-state index in [2.05, 4.69) is 4.84 Å². The van der Waals surface area contributed by atoms with Gasteiger partial charge in [-0.3, -0.25) is 0 Å². The second kappa shape index (κ2) is 11.2. The van der Waals surface area contributed by atoms with Gasteiger partial charge in [-0.2, -0.15) is 13.2 Å². The number of alkyl halides is 3. The van der Waals surface area contributed by atoms with E-state index in [9.17, 15) is 33.0 Å². The number of amides is 2. The molecule has 39 heavy (non-hydrogen) atoms. The van der Waals surface area contributed by atoms with Crippen molar-refractivity contribution in [2.45, 2.75) is 37.1 Å². The molecule has 2 aromatic rings. The van der Waals surface area contributed by atoms with Crippen molar-refractivity contribution in [3.05, 3.63) is 45.9 Å². The number of likely N-dealkylation sites (tertiary alicyclic amines) is 1. The molecule has 1 fully saturated rings. The Kier molecular flexibility index (Phi) is 8.26. The summed E-state index contributed by atoms with van der Waals surface area (Å²) >= 11 is 11.9. The number of piperidine rings is 1. The highest BCUT2D eigenvalue weighted by Gasteiger charge is 2.44. The molecule has 2 aliphatic rings. The number of fused-ring (bicyclic) bond motifs is 1. The van der Waals surface area contributed by atoms with Gasteiger partial charge < -0.3 is 35.2 Å². The monoisotopic (exact) mass is 593 g/mol. The maximum Gasteiger partial charge on any atom is 0.493 e. The number of anilines is 1. The molecule has 4 N–H and O–H groups in total. The van der Waals surface area contributed by atoms with Crippen LogP contribution in [0, 0.1) is 0 Å². The summed E-state index contributed by atoms with van der Waals surface area (Å²) in [5, 5.41) is 20.6. The van der Waals surface area contributed by atoms with E-state index in [-0.39, 0.29) is 17.2 Å². The molecule has 0 radical (unpaired) electrons. The molecule has 0 bridgehead atoms. The fourth-order valence-corrected chi connectivity index (χ4v) is 4.87. The van der Waals surface area contributed by atoms with Crippen molar-refractivity contribution in [2.24, 2.45) is 5.73 Å². The minimum absolute atomic E-state index is 0.167. The van der Waals surface area contributed by atoms with Gasteiger partial charge in [0.2, 0.25) is 0 Å². The Hall–Kier alpha value is -3.13. The molecule has 0 aromatic heterocycles. The normalized spacial score (nSPS) is 17.3. The molecule has 212 valence electrons. The number of aliphatic hydroxyl groups is 1. The second-order valence-electron chi connectivity index (χ2n) is 9.26. The Labute approximate surface area is 230 Å². The summed E-state index contributed by atoms with van der Waals surface area (Å²) in [7, 11) is 0. The van der Waals surface area contributed by atoms with Crippen LogP contribution in [0.15, 0.2) is 30.3 Å². The van der Waals surface area contributed by atoms with Crippen LogP contribution in [-0.4, -0.2) is 71.2 Å². The van der Waals surface area contributed by atoms with Crippen LogP contribution in [0.4, 0.5) is 23.7 Å². The zero-order valence-corrected chi connectivity index (χ0v) is 21.7. The van der Waals surface area contributed by atoms with Crippen LogP contribution in [0.3, 0.4) is 0 Å². The fourth-order valence-electron chi connectivity index (χ4n) is 4.51. The SMILES string of the molecule is NC(=O)N(OC(=O)C(F)(F)F)c1cc(Cl)c(O)cc1OC[C@H](O)CN1CCC2(CC1)Cc1cc(Cl)ccc1O2. The highest BCUT2D eigenvalue weighted by Crippen LogP contribution is 2.42. The smallest absolute Gasteiger partial charge is 0.493 e. The maximum atomic E-state index is 12.7. The number of carbonyl (C=O) groups excluding carboxylic acids is 2. The topological polar surface area (TPSA) is 135 Å². The van der Waals surface area contributed by atoms with E-state index in [0.717, 1.165) is 29.9 Å². The average molecular weight is 594 g/mol. The number of primary amides is 1. The number of aliphatic hydroxyl groups excluding tert-OH is 1. The van der Waals surface area contributed by atoms with E-state index >= 15 is 0 Å². The Morgan fingerprint density at radius 2 is 1.90 bits per heavy atom. The Balaban J connectivity index is 1.37. The molecule has 0 unspecified atom stereocenters. The third-order valence-corrected chi connectivity index (χ3v) is 6.92. The summed E-state index contributed by atoms with van der Waals surface area (Å²) in [6.07, 6.45) is -4.36. The van der Waals surface area contributed by atoms with Crippen LogP contribution in [0.25, 0.3) is 0 Å². The van der Waals surface area contributed by atoms with E-state index < -0.39 is 53.1 Å². The summed E-state index contributed by atoms with van der Waals surface area (Å²) in [4.78, 5) is 29.2. The van der Waals surface area contributed by atoms with Crippen LogP contribution in [0.2, 0.25) is 10.0 Å². The number of urea groups is 1. The number of hydrogen-bond donors (Lipinski definition) is 3. The molecular formula is C24H24Cl2F3N3O7. The number of halogens is 5. The molecule has 0 aliphatic carbocycles. The lowest BCUT2D eigenvalue weighted by atomic mass is 9.87. The second-order valence-corrected chi connectivity index (χ2v) is 10.1. The average Bonchev–Trinajstić information content (AvgIpc) is 3.20. The van der Waals surface area contributed by atoms with Crippen LogP contribution >= 0.6 is 23.2 Å². The van der Waals surface area contributed by atoms with Gasteiger partial charge in [0.05, 0.1) is 5.02 Å². The van der Waals surface area contributed by atoms with Gasteiger partial charge in [-0.25, -0.2) is 9.59 Å². The number of phenolic OH excluding ortho intramolecular Hbond substituents is 1. The predicted octanol–water partition coefficient (Wildman–Crippen LogP) is 3.81. The molecule has 10 nitrogen and oxygen atoms in total. The highest BCUT2D eigenvalue weighted by molar-refractivity contribution is 6.32. The minimum atomic E-state index is -5.43. The molecule has 0 saturated carbocycles. The zero-order chi connectivity index (χ0) is 28.5. The van der Waals surface area contributed by atoms with E-state index in [1.807, 2.05) is 17.0 Å². The molecule has 2 aliphatic heterocycles. The number of ether oxygens (including phenoxy) is 2. The van der Waals surface area contributed by atoms with Crippen molar-refractivity contribution < 1.29 is 47.3 Å². The Morgan fingerprint density at radius 1 is 1.21 bits per heavy atom. The largest absolute Gasteiger partial charge is 0.506 e. The van der Waals surface area contributed by atoms with Gasteiger partial charge in [0.1, 0.15) is 35.5 Å². The number of nitrogens with two attached hydrogens (primary N) is 1. The fraction of sp³-hybridized carbons (Fsp3) is 0.417. The van der Waals surface area contributed by atoms with Crippen LogP contribution in [0.1, 0.15) is 18.4 Å². The molecule has 2 heterocycles. The minimum Gasteiger partial charge on any atom is -0.506 e. The zero-order valence-electron chi connectivity index (χ0n) is 20.2. The number of aromatic hydroxyl groups is 1. The van der Waals surface area contributed by atoms with Crippen molar-refractivity contribution >= 4 is 40.9 Å². The third-order valence-electron chi connectivity index (χ3n) is 6.38. The molecule has 1 atom stereocenters. The van der Waals surface area contributed by atoms with Gasteiger partial charge in [0.25, 0.3) is 0 Å². The molecule has 2 amide bonds. The predicted molar refractivity (Wildman–Crippen MR) is 133 cm³/mol. The van der Waals surface area contributed by atoms with E-state index in [0.29, 0.717) is 31.0 Å². The van der Waals surface area contributed by atoms with Gasteiger partial charge in [0.15, 0.2) is 5.75 Å². The number of hydrogen-bond acceptors (Lipinski definition) is 8. The van der Waals surface area contributed by atoms with Crippen molar-refractivity contribution in [3.63, 3.8) is 0 Å². The van der Waals surface area contributed by atoms with E-state index in [1.165, 1.54) is 0 Å². The van der Waals surface area contributed by atoms with Gasteiger partial charge in [-0.1, -0.05) is 23.2 Å². The summed E-state index contributed by atoms with van der Waals surface area (Å²) in [5.41, 5.74) is 5.21. The highest BCUT2D eigenvalue weighted by atomic mass is 35.5. The van der Waals surface area contributed by atoms with Crippen LogP contribution < -0.4 is 20.3 Å². The molecule has 2 aromatic carbocycles. The number of hydroxylamine groups is 1. The number of β-amino-alcohol motifs (C(OH)–C–C–N with tert-alkyl or cyclic N) is 1. The molecule has 4 rings (SSSR count). The first-order valence-corrected chi connectivity index (χ1v) is 12.4. The lowest BCUT2D eigenvalue weighted by Crippen LogP contribution is -2.49. The lowest BCUT2D eigenvalue weighted by Gasteiger charge is -2.39. The van der Waals surface area contributed by atoms with Gasteiger partial charge in [-0.15, -0.1) is 5.06 Å². The van der Waals surface area contributed by atoms with Gasteiger partial charge in [-0.05, 0) is 29.8 Å². The number of benzene rings is 2. The molecule has 1 spiro atoms. The Morgan fingerprint density at radius 3 is 2.54 bits per heavy atom. The third kappa shape index (κ3) is 6.72. The number of rotatable bonds is 6. The van der Waals surface area contributed by atoms with Crippen LogP contribution in [0.5, 0.6) is 17.2 Å². The number of phenols is 1. The number of carbonyl (C=O) groups is 2. The first-order chi connectivity index (χ1) is 18.3. The van der Waals surface area contributed by atoms with Crippen molar-refractivity contribution in [1.29, 1.82) is 0 Å². The standard InChI is InChI=1S/C24H24Cl2F3N3O7/c25-14-1-2-19-13(7-14)10-23(38-19)3-5-31(6-4-23)11-15(33)12-37-20-9-18(34)16(26)8-17(20)32(22(30)36)39-21(35)24(27,28)29/h1-2,7-9,15,33-34H,3-6,10-12H2,(H2,30,36)/t15-/m1/s1. The van der Waals surface area contributed by atoms with Crippen LogP contribution in [-0.2, 0) is 16.1 Å². The number of nitrogens with zero attached hydrogens (tertiary/aromatic N) is 2. The first-order valence-electron chi connectivity index (χ1n) is 11.7. The van der Waals surface area contributed by atoms with Crippen molar-refractivity contribution in [1.82, 2.24) is 4.90 Å². The van der Waals surface area contributed by atoms with Gasteiger partial charge >= 0.3 is 18.2 Å². The summed E-state index contributed by atoms with van der Waals surface area (Å²) in [6.45, 7) is 1.03. The summed E-state index contributed by atoms with van der Waals surface area (Å²) in [6, 6.07) is 5.63. The van der Waals surface area contributed by atoms with Gasteiger partial charge in [0, 0.05) is 50.0 Å². The summed E-state index contributed by atoms with van der Waals surface area (Å²) in [5.74, 6) is -2.87. The van der Waals surface area contributed by atoms with Crippen molar-refractivity contribution in [3.8, 4) is 17.2 Å². The van der Waals surface area contributed by atoms with E-state index in [1.54, 1.807) is 6.07 Å². The quantitative estimate of drug-likeness (QED) is 0.430. The lowest BCUT2D eigenvalue weighted by molar-refractivity contribution is -0.199. The maximum absolute atomic E-state index is 12.7. The van der Waals surface area contributed by atoms with E-state index in [4.69, 9.17) is 38.4 Å². The van der Waals surface area contributed by atoms with Crippen molar-refractivity contribution in [2.75, 3.05) is 31.3 Å². The molecular weight excluding hydrogens is 570 g/mol.